The molecule has 11 heteroatoms. The minimum absolute atomic E-state index is 0.0279. The van der Waals surface area contributed by atoms with E-state index in [0.717, 1.165) is 17.0 Å². The molecule has 0 saturated carbocycles. The van der Waals surface area contributed by atoms with Gasteiger partial charge in [-0.05, 0) is 38.5 Å². The molecule has 0 aliphatic heterocycles. The number of carbonyl (C=O) groups is 3. The molecule has 0 bridgehead atoms. The van der Waals surface area contributed by atoms with Crippen LogP contribution in [-0.4, -0.2) is 34.7 Å². The average molecular weight is 451 g/mol. The summed E-state index contributed by atoms with van der Waals surface area (Å²) in [4.78, 5) is 36.5. The van der Waals surface area contributed by atoms with E-state index in [0.29, 0.717) is 28.6 Å². The topological polar surface area (TPSA) is 129 Å². The van der Waals surface area contributed by atoms with Crippen LogP contribution in [0.1, 0.15) is 53.3 Å². The molecule has 0 aromatic carbocycles. The normalized spacial score (nSPS) is 10.8. The number of primary amides is 1. The molecule has 0 spiro atoms. The number of aromatic nitrogens is 2. The molecule has 0 fully saturated rings. The summed E-state index contributed by atoms with van der Waals surface area (Å²) in [7, 11) is 1.21. The van der Waals surface area contributed by atoms with Crippen LogP contribution in [0.15, 0.2) is 16.5 Å². The van der Waals surface area contributed by atoms with Crippen molar-refractivity contribution in [1.29, 1.82) is 0 Å². The Morgan fingerprint density at radius 3 is 2.57 bits per heavy atom. The van der Waals surface area contributed by atoms with E-state index >= 15 is 0 Å². The number of amides is 2. The molecule has 0 radical (unpaired) electrons. The van der Waals surface area contributed by atoms with E-state index in [-0.39, 0.29) is 21.2 Å². The summed E-state index contributed by atoms with van der Waals surface area (Å²) < 4.78 is 12.0. The summed E-state index contributed by atoms with van der Waals surface area (Å²) in [5.41, 5.74) is 7.26. The molecular formula is C19H19ClN4O5S. The van der Waals surface area contributed by atoms with Crippen LogP contribution in [0.3, 0.4) is 0 Å². The Bertz CT molecular complexity index is 1160. The lowest BCUT2D eigenvalue weighted by atomic mass is 10.1. The van der Waals surface area contributed by atoms with E-state index in [2.05, 4.69) is 10.4 Å². The van der Waals surface area contributed by atoms with E-state index in [1.807, 2.05) is 6.92 Å². The van der Waals surface area contributed by atoms with Gasteiger partial charge in [0.2, 0.25) is 0 Å². The van der Waals surface area contributed by atoms with Crippen LogP contribution in [0, 0.1) is 20.8 Å². The second kappa shape index (κ2) is 8.33. The van der Waals surface area contributed by atoms with Gasteiger partial charge in [-0.2, -0.15) is 5.10 Å². The van der Waals surface area contributed by atoms with Gasteiger partial charge < -0.3 is 20.2 Å². The van der Waals surface area contributed by atoms with Crippen molar-refractivity contribution in [3.05, 3.63) is 56.1 Å². The fourth-order valence-electron chi connectivity index (χ4n) is 2.91. The predicted octanol–water partition coefficient (Wildman–Crippen LogP) is 3.30. The predicted molar refractivity (Wildman–Crippen MR) is 111 cm³/mol. The molecule has 0 saturated heterocycles. The molecule has 30 heavy (non-hydrogen) atoms. The van der Waals surface area contributed by atoms with Gasteiger partial charge in [0.25, 0.3) is 11.8 Å². The van der Waals surface area contributed by atoms with Crippen molar-refractivity contribution < 1.29 is 23.5 Å². The maximum Gasteiger partial charge on any atom is 0.341 e. The minimum atomic E-state index is -0.702. The van der Waals surface area contributed by atoms with Crippen molar-refractivity contribution in [3.8, 4) is 0 Å². The zero-order valence-electron chi connectivity index (χ0n) is 16.7. The lowest BCUT2D eigenvalue weighted by molar-refractivity contribution is 0.0601. The number of methoxy groups -OCH3 is 1. The quantitative estimate of drug-likeness (QED) is 0.554. The molecule has 3 aromatic heterocycles. The number of furan rings is 1. The van der Waals surface area contributed by atoms with Crippen molar-refractivity contribution >= 4 is 45.7 Å². The lowest BCUT2D eigenvalue weighted by Crippen LogP contribution is -2.14. The van der Waals surface area contributed by atoms with Crippen molar-refractivity contribution in [2.75, 3.05) is 12.4 Å². The zero-order chi connectivity index (χ0) is 22.2. The third-order valence-electron chi connectivity index (χ3n) is 4.47. The van der Waals surface area contributed by atoms with Crippen molar-refractivity contribution in [2.24, 2.45) is 5.73 Å². The Kier molecular flexibility index (Phi) is 5.99. The molecule has 0 atom stereocenters. The number of nitrogens with two attached hydrogens (primary N) is 1. The average Bonchev–Trinajstić information content (AvgIpc) is 3.35. The molecule has 3 aromatic rings. The van der Waals surface area contributed by atoms with Gasteiger partial charge in [0.1, 0.15) is 10.8 Å². The Morgan fingerprint density at radius 1 is 1.30 bits per heavy atom. The maximum absolute atomic E-state index is 12.6. The number of esters is 1. The van der Waals surface area contributed by atoms with Crippen LogP contribution in [0.4, 0.5) is 5.00 Å². The summed E-state index contributed by atoms with van der Waals surface area (Å²) in [6, 6.07) is 3.15. The molecule has 9 nitrogen and oxygen atoms in total. The highest BCUT2D eigenvalue weighted by Gasteiger charge is 2.26. The molecule has 0 aliphatic carbocycles. The third-order valence-corrected chi connectivity index (χ3v) is 6.24. The van der Waals surface area contributed by atoms with Crippen LogP contribution in [0.25, 0.3) is 0 Å². The molecule has 3 N–H and O–H groups in total. The lowest BCUT2D eigenvalue weighted by Gasteiger charge is -2.05. The summed E-state index contributed by atoms with van der Waals surface area (Å²) >= 11 is 7.05. The van der Waals surface area contributed by atoms with Crippen molar-refractivity contribution in [3.63, 3.8) is 0 Å². The second-order valence-electron chi connectivity index (χ2n) is 6.48. The van der Waals surface area contributed by atoms with E-state index in [9.17, 15) is 14.4 Å². The van der Waals surface area contributed by atoms with E-state index in [4.69, 9.17) is 26.5 Å². The van der Waals surface area contributed by atoms with Gasteiger partial charge in [-0.1, -0.05) is 11.6 Å². The van der Waals surface area contributed by atoms with E-state index in [1.54, 1.807) is 24.6 Å². The number of halogens is 1. The maximum atomic E-state index is 12.6. The molecule has 3 rings (SSSR count). The molecule has 2 amide bonds. The van der Waals surface area contributed by atoms with Gasteiger partial charge in [-0.25, -0.2) is 4.79 Å². The van der Waals surface area contributed by atoms with Gasteiger partial charge in [0.15, 0.2) is 5.76 Å². The summed E-state index contributed by atoms with van der Waals surface area (Å²) in [5.74, 6) is -1.45. The van der Waals surface area contributed by atoms with Crippen LogP contribution in [0.5, 0.6) is 0 Å². The minimum Gasteiger partial charge on any atom is -0.465 e. The fourth-order valence-corrected chi connectivity index (χ4v) is 4.09. The third kappa shape index (κ3) is 3.96. The highest BCUT2D eigenvalue weighted by molar-refractivity contribution is 7.18. The number of anilines is 1. The summed E-state index contributed by atoms with van der Waals surface area (Å²) in [6.45, 7) is 5.49. The molecule has 3 heterocycles. The first kappa shape index (κ1) is 21.6. The largest absolute Gasteiger partial charge is 0.465 e. The van der Waals surface area contributed by atoms with Gasteiger partial charge in [-0.15, -0.1) is 11.3 Å². The zero-order valence-corrected chi connectivity index (χ0v) is 18.2. The van der Waals surface area contributed by atoms with Crippen molar-refractivity contribution in [2.45, 2.75) is 27.3 Å². The highest BCUT2D eigenvalue weighted by atomic mass is 35.5. The van der Waals surface area contributed by atoms with Gasteiger partial charge in [-0.3, -0.25) is 14.3 Å². The number of hydrogen-bond donors (Lipinski definition) is 2. The molecule has 0 aliphatic rings. The Labute approximate surface area is 180 Å². The van der Waals surface area contributed by atoms with Crippen LogP contribution < -0.4 is 11.1 Å². The van der Waals surface area contributed by atoms with Crippen LogP contribution in [0.2, 0.25) is 5.02 Å². The number of nitrogens with one attached hydrogen (secondary N) is 1. The van der Waals surface area contributed by atoms with E-state index in [1.165, 1.54) is 13.2 Å². The monoisotopic (exact) mass is 450 g/mol. The summed E-state index contributed by atoms with van der Waals surface area (Å²) in [6.07, 6.45) is 0. The van der Waals surface area contributed by atoms with Gasteiger partial charge in [0.05, 0.1) is 40.5 Å². The first-order valence-corrected chi connectivity index (χ1v) is 9.94. The number of rotatable bonds is 6. The van der Waals surface area contributed by atoms with E-state index < -0.39 is 17.8 Å². The highest BCUT2D eigenvalue weighted by Crippen LogP contribution is 2.34. The molecular weight excluding hydrogens is 432 g/mol. The standard InChI is InChI=1S/C19H19ClN4O5S/c1-8-13(19(27)28-4)18(30-15(8)16(21)25)22-17(26)12-6-5-11(29-12)7-24-10(3)14(20)9(2)23-24/h5-6H,7H2,1-4H3,(H2,21,25)(H,22,26). The van der Waals surface area contributed by atoms with Gasteiger partial charge in [0, 0.05) is 0 Å². The van der Waals surface area contributed by atoms with Crippen molar-refractivity contribution in [1.82, 2.24) is 9.78 Å². The smallest absolute Gasteiger partial charge is 0.341 e. The number of nitrogens with zero attached hydrogens (tertiary/aromatic N) is 2. The number of aryl methyl sites for hydroxylation is 1. The van der Waals surface area contributed by atoms with Crippen LogP contribution in [-0.2, 0) is 11.3 Å². The fraction of sp³-hybridized carbons (Fsp3) is 0.263. The Balaban J connectivity index is 1.83. The summed E-state index contributed by atoms with van der Waals surface area (Å²) in [5, 5.41) is 7.65. The molecule has 0 unspecified atom stereocenters. The Morgan fingerprint density at radius 2 is 2.00 bits per heavy atom. The first-order valence-electron chi connectivity index (χ1n) is 8.75. The number of ether oxygens (including phenoxy) is 1. The number of thiophene rings is 1. The Hall–Kier alpha value is -3.11. The van der Waals surface area contributed by atoms with Gasteiger partial charge >= 0.3 is 5.97 Å². The second-order valence-corrected chi connectivity index (χ2v) is 7.88. The number of hydrogen-bond acceptors (Lipinski definition) is 7. The number of carbonyl (C=O) groups excluding carboxylic acids is 3. The van der Waals surface area contributed by atoms with Crippen LogP contribution >= 0.6 is 22.9 Å². The SMILES string of the molecule is COC(=O)c1c(NC(=O)c2ccc(Cn3nc(C)c(Cl)c3C)o2)sc(C(N)=O)c1C. The first-order chi connectivity index (χ1) is 14.1. The molecule has 158 valence electrons.